The largest absolute Gasteiger partial charge is 0.440 e. The van der Waals surface area contributed by atoms with E-state index in [1.165, 1.54) is 6.42 Å². The first kappa shape index (κ1) is 15.0. The van der Waals surface area contributed by atoms with E-state index < -0.39 is 6.23 Å². The zero-order valence-corrected chi connectivity index (χ0v) is 12.3. The van der Waals surface area contributed by atoms with Gasteiger partial charge in [0, 0.05) is 5.92 Å². The molecule has 2 rings (SSSR count). The topological polar surface area (TPSA) is 63.7 Å². The molecule has 0 aromatic rings. The second kappa shape index (κ2) is 6.37. The van der Waals surface area contributed by atoms with Gasteiger partial charge in [0.2, 0.25) is 11.8 Å². The average molecular weight is 281 g/mol. The van der Waals surface area contributed by atoms with Crippen molar-refractivity contribution in [1.29, 1.82) is 0 Å². The van der Waals surface area contributed by atoms with Crippen LogP contribution >= 0.6 is 0 Å². The fourth-order valence-electron chi connectivity index (χ4n) is 2.73. The third-order valence-corrected chi connectivity index (χ3v) is 4.37. The number of amides is 2. The number of imide groups is 1. The molecule has 20 heavy (non-hydrogen) atoms. The Balaban J connectivity index is 1.90. The number of likely N-dealkylation sites (tertiary alicyclic amines) is 1. The van der Waals surface area contributed by atoms with Crippen LogP contribution in [0.25, 0.3) is 0 Å². The molecule has 1 aliphatic heterocycles. The van der Waals surface area contributed by atoms with Gasteiger partial charge in [0.05, 0.1) is 12.3 Å². The summed E-state index contributed by atoms with van der Waals surface area (Å²) in [5, 5.41) is 0. The van der Waals surface area contributed by atoms with Crippen LogP contribution in [0, 0.1) is 11.8 Å². The highest BCUT2D eigenvalue weighted by Gasteiger charge is 2.45. The summed E-state index contributed by atoms with van der Waals surface area (Å²) in [6.07, 6.45) is 5.14. The van der Waals surface area contributed by atoms with Gasteiger partial charge in [0.15, 0.2) is 6.23 Å². The highest BCUT2D eigenvalue weighted by Crippen LogP contribution is 2.29. The monoisotopic (exact) mass is 281 g/mol. The van der Waals surface area contributed by atoms with Crippen molar-refractivity contribution in [3.8, 4) is 0 Å². The molecule has 1 saturated carbocycles. The van der Waals surface area contributed by atoms with Crippen molar-refractivity contribution in [2.75, 3.05) is 0 Å². The quantitative estimate of drug-likeness (QED) is 0.585. The van der Waals surface area contributed by atoms with E-state index in [9.17, 15) is 14.4 Å². The van der Waals surface area contributed by atoms with Gasteiger partial charge in [-0.3, -0.25) is 14.4 Å². The Labute approximate surface area is 119 Å². The van der Waals surface area contributed by atoms with Crippen molar-refractivity contribution in [2.45, 2.75) is 65.0 Å². The molecule has 2 aliphatic rings. The molecule has 0 spiro atoms. The summed E-state index contributed by atoms with van der Waals surface area (Å²) in [5.41, 5.74) is 0. The average Bonchev–Trinajstić information content (AvgIpc) is 2.46. The summed E-state index contributed by atoms with van der Waals surface area (Å²) in [5.74, 6) is -0.985. The number of carbonyl (C=O) groups excluding carboxylic acids is 3. The van der Waals surface area contributed by atoms with E-state index >= 15 is 0 Å². The van der Waals surface area contributed by atoms with Crippen LogP contribution in [0.1, 0.15) is 58.8 Å². The highest BCUT2D eigenvalue weighted by atomic mass is 16.6. The normalized spacial score (nSPS) is 25.0. The van der Waals surface area contributed by atoms with Gasteiger partial charge >= 0.3 is 5.97 Å². The number of nitrogens with zero attached hydrogens (tertiary/aromatic N) is 1. The molecule has 1 saturated heterocycles. The van der Waals surface area contributed by atoms with Gasteiger partial charge in [0.25, 0.3) is 0 Å². The van der Waals surface area contributed by atoms with Crippen LogP contribution in [-0.2, 0) is 19.1 Å². The number of rotatable bonds is 4. The minimum atomic E-state index is -0.668. The molecule has 2 fully saturated rings. The zero-order chi connectivity index (χ0) is 14.7. The van der Waals surface area contributed by atoms with Crippen LogP contribution in [0.2, 0.25) is 0 Å². The molecule has 0 radical (unpaired) electrons. The zero-order valence-electron chi connectivity index (χ0n) is 12.3. The fourth-order valence-corrected chi connectivity index (χ4v) is 2.73. The van der Waals surface area contributed by atoms with Crippen LogP contribution in [0.4, 0.5) is 0 Å². The molecule has 112 valence electrons. The molecule has 2 atom stereocenters. The van der Waals surface area contributed by atoms with Crippen LogP contribution < -0.4 is 0 Å². The lowest BCUT2D eigenvalue weighted by atomic mass is 9.89. The standard InChI is InChI=1S/C15H23NO4/c1-3-10(2)14(18)16-12(17)9-13(16)20-15(19)11-7-5-4-6-8-11/h10-11,13H,3-9H2,1-2H3. The van der Waals surface area contributed by atoms with Crippen LogP contribution in [0.5, 0.6) is 0 Å². The molecular weight excluding hydrogens is 258 g/mol. The summed E-state index contributed by atoms with van der Waals surface area (Å²) in [6, 6.07) is 0. The van der Waals surface area contributed by atoms with E-state index in [4.69, 9.17) is 4.74 Å². The maximum atomic E-state index is 12.0. The minimum Gasteiger partial charge on any atom is -0.440 e. The van der Waals surface area contributed by atoms with E-state index in [0.717, 1.165) is 30.6 Å². The van der Waals surface area contributed by atoms with Gasteiger partial charge in [-0.2, -0.15) is 0 Å². The smallest absolute Gasteiger partial charge is 0.310 e. The molecule has 2 unspecified atom stereocenters. The lowest BCUT2D eigenvalue weighted by Gasteiger charge is -2.39. The second-order valence-corrected chi connectivity index (χ2v) is 5.84. The maximum absolute atomic E-state index is 12.0. The Morgan fingerprint density at radius 3 is 2.50 bits per heavy atom. The van der Waals surface area contributed by atoms with Crippen LogP contribution in [-0.4, -0.2) is 28.9 Å². The van der Waals surface area contributed by atoms with E-state index in [1.807, 2.05) is 6.92 Å². The molecule has 0 aromatic carbocycles. The molecule has 0 bridgehead atoms. The van der Waals surface area contributed by atoms with Crippen molar-refractivity contribution in [2.24, 2.45) is 11.8 Å². The SMILES string of the molecule is CCC(C)C(=O)N1C(=O)CC1OC(=O)C1CCCCC1. The van der Waals surface area contributed by atoms with Gasteiger partial charge in [0.1, 0.15) is 0 Å². The van der Waals surface area contributed by atoms with Gasteiger partial charge in [-0.05, 0) is 19.3 Å². The predicted molar refractivity (Wildman–Crippen MR) is 72.4 cm³/mol. The molecular formula is C15H23NO4. The predicted octanol–water partition coefficient (Wildman–Crippen LogP) is 2.24. The van der Waals surface area contributed by atoms with Crippen molar-refractivity contribution in [3.05, 3.63) is 0 Å². The Bertz CT molecular complexity index is 401. The third-order valence-electron chi connectivity index (χ3n) is 4.37. The molecule has 0 N–H and O–H groups in total. The van der Waals surface area contributed by atoms with Crippen LogP contribution in [0.15, 0.2) is 0 Å². The molecule has 1 aliphatic carbocycles. The summed E-state index contributed by atoms with van der Waals surface area (Å²) >= 11 is 0. The number of carbonyl (C=O) groups is 3. The first-order chi connectivity index (χ1) is 9.54. The Kier molecular flexibility index (Phi) is 4.78. The number of β-lactam (4-membered cyclic amide) rings is 1. The van der Waals surface area contributed by atoms with Crippen molar-refractivity contribution >= 4 is 17.8 Å². The highest BCUT2D eigenvalue weighted by molar-refractivity contribution is 6.01. The number of esters is 1. The minimum absolute atomic E-state index is 0.0556. The fraction of sp³-hybridized carbons (Fsp3) is 0.800. The van der Waals surface area contributed by atoms with Gasteiger partial charge in [-0.15, -0.1) is 0 Å². The van der Waals surface area contributed by atoms with E-state index in [0.29, 0.717) is 6.42 Å². The van der Waals surface area contributed by atoms with Crippen molar-refractivity contribution in [3.63, 3.8) is 0 Å². The number of hydrogen-bond acceptors (Lipinski definition) is 4. The Morgan fingerprint density at radius 2 is 1.95 bits per heavy atom. The van der Waals surface area contributed by atoms with Gasteiger partial charge in [-0.25, -0.2) is 4.90 Å². The summed E-state index contributed by atoms with van der Waals surface area (Å²) in [4.78, 5) is 36.8. The maximum Gasteiger partial charge on any atom is 0.310 e. The first-order valence-electron chi connectivity index (χ1n) is 7.61. The molecule has 2 amide bonds. The first-order valence-corrected chi connectivity index (χ1v) is 7.61. The lowest BCUT2D eigenvalue weighted by Crippen LogP contribution is -2.59. The Morgan fingerprint density at radius 1 is 1.30 bits per heavy atom. The molecule has 5 nitrogen and oxygen atoms in total. The van der Waals surface area contributed by atoms with Gasteiger partial charge in [-0.1, -0.05) is 33.1 Å². The van der Waals surface area contributed by atoms with Gasteiger partial charge < -0.3 is 4.74 Å². The lowest BCUT2D eigenvalue weighted by molar-refractivity contribution is -0.192. The third kappa shape index (κ3) is 3.02. The summed E-state index contributed by atoms with van der Waals surface area (Å²) in [7, 11) is 0. The van der Waals surface area contributed by atoms with E-state index in [-0.39, 0.29) is 36.0 Å². The van der Waals surface area contributed by atoms with E-state index in [1.54, 1.807) is 6.92 Å². The molecule has 1 heterocycles. The summed E-state index contributed by atoms with van der Waals surface area (Å²) < 4.78 is 5.37. The number of ether oxygens (including phenoxy) is 1. The summed E-state index contributed by atoms with van der Waals surface area (Å²) in [6.45, 7) is 3.68. The van der Waals surface area contributed by atoms with Crippen molar-refractivity contribution in [1.82, 2.24) is 4.90 Å². The van der Waals surface area contributed by atoms with Crippen LogP contribution in [0.3, 0.4) is 0 Å². The van der Waals surface area contributed by atoms with E-state index in [2.05, 4.69) is 0 Å². The molecule has 0 aromatic heterocycles. The Hall–Kier alpha value is -1.39. The van der Waals surface area contributed by atoms with Crippen molar-refractivity contribution < 1.29 is 19.1 Å². The second-order valence-electron chi connectivity index (χ2n) is 5.84. The molecule has 5 heteroatoms. The number of hydrogen-bond donors (Lipinski definition) is 0.